The predicted molar refractivity (Wildman–Crippen MR) is 59.3 cm³/mol. The quantitative estimate of drug-likeness (QED) is 0.668. The van der Waals surface area contributed by atoms with Crippen molar-refractivity contribution in [2.24, 2.45) is 0 Å². The van der Waals surface area contributed by atoms with E-state index in [1.165, 1.54) is 6.07 Å². The Bertz CT molecular complexity index is 439. The molecule has 1 aromatic carbocycles. The molecule has 1 rings (SSSR count). The standard InChI is InChI=1S/C8H3Br2F5OS/c9-4-1-5(10)3-6(2-4)17(16)8(14,15)7(11,12)13/h1-3H. The van der Waals surface area contributed by atoms with Gasteiger partial charge in [-0.05, 0) is 18.2 Å². The van der Waals surface area contributed by atoms with Crippen LogP contribution >= 0.6 is 31.9 Å². The average Bonchev–Trinajstić information content (AvgIpc) is 2.13. The Kier molecular flexibility index (Phi) is 4.36. The van der Waals surface area contributed by atoms with Crippen LogP contribution < -0.4 is 0 Å². The monoisotopic (exact) mass is 400 g/mol. The Hall–Kier alpha value is -0.0200. The third kappa shape index (κ3) is 3.25. The van der Waals surface area contributed by atoms with Crippen LogP contribution in [0.1, 0.15) is 0 Å². The molecule has 0 spiro atoms. The first-order chi connectivity index (χ1) is 7.55. The Morgan fingerprint density at radius 3 is 1.71 bits per heavy atom. The minimum absolute atomic E-state index is 0.244. The third-order valence-electron chi connectivity index (χ3n) is 1.61. The van der Waals surface area contributed by atoms with Crippen LogP contribution in [0.3, 0.4) is 0 Å². The molecule has 0 aromatic heterocycles. The predicted octanol–water partition coefficient (Wildman–Crippen LogP) is 4.47. The maximum Gasteiger partial charge on any atom is 0.467 e. The van der Waals surface area contributed by atoms with Crippen LogP contribution in [0.5, 0.6) is 0 Å². The minimum atomic E-state index is -5.85. The van der Waals surface area contributed by atoms with Crippen molar-refractivity contribution in [3.8, 4) is 0 Å². The summed E-state index contributed by atoms with van der Waals surface area (Å²) in [5.74, 6) is 0. The summed E-state index contributed by atoms with van der Waals surface area (Å²) < 4.78 is 73.4. The zero-order chi connectivity index (χ0) is 13.4. The molecular formula is C8H3Br2F5OS. The lowest BCUT2D eigenvalue weighted by Crippen LogP contribution is -2.40. The van der Waals surface area contributed by atoms with E-state index >= 15 is 0 Å². The summed E-state index contributed by atoms with van der Waals surface area (Å²) >= 11 is 5.82. The molecule has 9 heteroatoms. The topological polar surface area (TPSA) is 17.1 Å². The number of hydrogen-bond acceptors (Lipinski definition) is 1. The molecule has 0 heterocycles. The van der Waals surface area contributed by atoms with Gasteiger partial charge in [0.25, 0.3) is 0 Å². The fourth-order valence-electron chi connectivity index (χ4n) is 0.889. The minimum Gasteiger partial charge on any atom is -0.248 e. The van der Waals surface area contributed by atoms with Crippen molar-refractivity contribution >= 4 is 42.7 Å². The molecule has 17 heavy (non-hydrogen) atoms. The van der Waals surface area contributed by atoms with E-state index in [4.69, 9.17) is 0 Å². The van der Waals surface area contributed by atoms with E-state index in [9.17, 15) is 26.2 Å². The summed E-state index contributed by atoms with van der Waals surface area (Å²) in [6, 6.07) is 3.31. The highest BCUT2D eigenvalue weighted by Crippen LogP contribution is 2.41. The molecule has 0 aliphatic carbocycles. The molecule has 0 fully saturated rings. The van der Waals surface area contributed by atoms with Crippen molar-refractivity contribution in [3.63, 3.8) is 0 Å². The second-order valence-corrected chi connectivity index (χ2v) is 6.24. The number of halogens is 7. The molecule has 0 bridgehead atoms. The third-order valence-corrected chi connectivity index (χ3v) is 3.89. The molecule has 96 valence electrons. The van der Waals surface area contributed by atoms with Gasteiger partial charge in [-0.25, -0.2) is 4.21 Å². The van der Waals surface area contributed by atoms with Gasteiger partial charge in [0.1, 0.15) is 10.8 Å². The fraction of sp³-hybridized carbons (Fsp3) is 0.250. The number of hydrogen-bond donors (Lipinski definition) is 0. The van der Waals surface area contributed by atoms with Crippen LogP contribution in [0, 0.1) is 0 Å². The highest BCUT2D eigenvalue weighted by atomic mass is 79.9. The van der Waals surface area contributed by atoms with E-state index in [1.807, 2.05) is 0 Å². The van der Waals surface area contributed by atoms with Gasteiger partial charge in [-0.15, -0.1) is 0 Å². The van der Waals surface area contributed by atoms with E-state index in [0.717, 1.165) is 12.1 Å². The fourth-order valence-corrected chi connectivity index (χ4v) is 3.46. The highest BCUT2D eigenvalue weighted by Gasteiger charge is 2.62. The molecule has 1 nitrogen and oxygen atoms in total. The SMILES string of the molecule is O=S(c1cc(Br)cc(Br)c1)C(F)(F)C(F)(F)F. The van der Waals surface area contributed by atoms with Crippen LogP contribution in [0.15, 0.2) is 32.0 Å². The maximum atomic E-state index is 12.8. The molecule has 0 aliphatic rings. The molecule has 0 N–H and O–H groups in total. The Morgan fingerprint density at radius 1 is 0.941 bits per heavy atom. The molecule has 0 saturated heterocycles. The van der Waals surface area contributed by atoms with Crippen molar-refractivity contribution < 1.29 is 26.2 Å². The normalized spacial score (nSPS) is 14.8. The summed E-state index contributed by atoms with van der Waals surface area (Å²) in [7, 11) is -3.50. The molecular weight excluding hydrogens is 399 g/mol. The zero-order valence-corrected chi connectivity index (χ0v) is 11.7. The van der Waals surface area contributed by atoms with E-state index in [1.54, 1.807) is 0 Å². The maximum absolute atomic E-state index is 12.8. The van der Waals surface area contributed by atoms with E-state index < -0.39 is 27.1 Å². The summed E-state index contributed by atoms with van der Waals surface area (Å²) in [6.07, 6.45) is -5.85. The van der Waals surface area contributed by atoms with Crippen molar-refractivity contribution in [1.82, 2.24) is 0 Å². The van der Waals surface area contributed by atoms with Crippen molar-refractivity contribution in [2.75, 3.05) is 0 Å². The van der Waals surface area contributed by atoms with Gasteiger partial charge in [0.05, 0.1) is 0 Å². The second kappa shape index (κ2) is 4.93. The molecule has 0 aliphatic heterocycles. The lowest BCUT2D eigenvalue weighted by atomic mass is 10.4. The molecule has 0 saturated carbocycles. The first-order valence-electron chi connectivity index (χ1n) is 3.88. The largest absolute Gasteiger partial charge is 0.467 e. The Morgan fingerprint density at radius 2 is 1.35 bits per heavy atom. The Labute approximate surface area is 112 Å². The number of rotatable bonds is 2. The average molecular weight is 402 g/mol. The Balaban J connectivity index is 3.21. The second-order valence-electron chi connectivity index (χ2n) is 2.89. The molecule has 1 unspecified atom stereocenters. The van der Waals surface area contributed by atoms with Crippen LogP contribution in [0.25, 0.3) is 0 Å². The van der Waals surface area contributed by atoms with Gasteiger partial charge in [-0.1, -0.05) is 31.9 Å². The molecule has 0 amide bonds. The molecule has 1 aromatic rings. The van der Waals surface area contributed by atoms with Gasteiger partial charge in [0.15, 0.2) is 0 Å². The van der Waals surface area contributed by atoms with Crippen LogP contribution in [-0.4, -0.2) is 15.6 Å². The molecule has 1 atom stereocenters. The van der Waals surface area contributed by atoms with E-state index in [2.05, 4.69) is 31.9 Å². The van der Waals surface area contributed by atoms with Gasteiger partial charge in [0.2, 0.25) is 0 Å². The summed E-state index contributed by atoms with van der Waals surface area (Å²) in [4.78, 5) is -0.617. The van der Waals surface area contributed by atoms with Gasteiger partial charge < -0.3 is 0 Å². The van der Waals surface area contributed by atoms with Crippen molar-refractivity contribution in [3.05, 3.63) is 27.1 Å². The lowest BCUT2D eigenvalue weighted by Gasteiger charge is -2.18. The van der Waals surface area contributed by atoms with E-state index in [-0.39, 0.29) is 8.95 Å². The summed E-state index contributed by atoms with van der Waals surface area (Å²) in [5.41, 5.74) is 0. The summed E-state index contributed by atoms with van der Waals surface area (Å²) in [5, 5.41) is -5.28. The number of benzene rings is 1. The number of alkyl halides is 5. The van der Waals surface area contributed by atoms with Crippen LogP contribution in [0.2, 0.25) is 0 Å². The van der Waals surface area contributed by atoms with Gasteiger partial charge in [-0.2, -0.15) is 22.0 Å². The van der Waals surface area contributed by atoms with Crippen molar-refractivity contribution in [1.29, 1.82) is 0 Å². The zero-order valence-electron chi connectivity index (χ0n) is 7.69. The van der Waals surface area contributed by atoms with Gasteiger partial charge in [0, 0.05) is 13.8 Å². The van der Waals surface area contributed by atoms with Crippen LogP contribution in [0.4, 0.5) is 22.0 Å². The first kappa shape index (κ1) is 15.0. The van der Waals surface area contributed by atoms with Crippen LogP contribution in [-0.2, 0) is 10.8 Å². The first-order valence-corrected chi connectivity index (χ1v) is 6.62. The lowest BCUT2D eigenvalue weighted by molar-refractivity contribution is -0.239. The summed E-state index contributed by atoms with van der Waals surface area (Å²) in [6.45, 7) is 0. The van der Waals surface area contributed by atoms with Gasteiger partial charge in [-0.3, -0.25) is 0 Å². The van der Waals surface area contributed by atoms with E-state index in [0.29, 0.717) is 0 Å². The van der Waals surface area contributed by atoms with Gasteiger partial charge >= 0.3 is 11.4 Å². The van der Waals surface area contributed by atoms with Crippen molar-refractivity contribution in [2.45, 2.75) is 16.3 Å². The smallest absolute Gasteiger partial charge is 0.248 e. The highest BCUT2D eigenvalue weighted by molar-refractivity contribution is 9.11. The molecule has 0 radical (unpaired) electrons.